The predicted molar refractivity (Wildman–Crippen MR) is 97.7 cm³/mol. The molecule has 0 spiro atoms. The number of nitrogens with one attached hydrogen (secondary N) is 1. The first-order chi connectivity index (χ1) is 12.5. The van der Waals surface area contributed by atoms with Crippen LogP contribution in [-0.2, 0) is 21.4 Å². The van der Waals surface area contributed by atoms with E-state index in [-0.39, 0.29) is 25.0 Å². The number of hydrogen-bond donors (Lipinski definition) is 1. The zero-order valence-electron chi connectivity index (χ0n) is 14.3. The van der Waals surface area contributed by atoms with Gasteiger partial charge in [0.2, 0.25) is 22.7 Å². The van der Waals surface area contributed by atoms with E-state index in [0.717, 1.165) is 9.87 Å². The van der Waals surface area contributed by atoms with E-state index in [0.29, 0.717) is 23.7 Å². The highest BCUT2D eigenvalue weighted by molar-refractivity contribution is 7.92. The van der Waals surface area contributed by atoms with Crippen LogP contribution in [0.1, 0.15) is 12.5 Å². The largest absolute Gasteiger partial charge is 0.454 e. The number of anilines is 1. The molecule has 1 aliphatic heterocycles. The van der Waals surface area contributed by atoms with Crippen LogP contribution in [0.25, 0.3) is 0 Å². The van der Waals surface area contributed by atoms with E-state index in [1.54, 1.807) is 18.2 Å². The number of sulfonamides is 1. The van der Waals surface area contributed by atoms with E-state index in [4.69, 9.17) is 9.47 Å². The lowest BCUT2D eigenvalue weighted by atomic mass is 10.2. The first-order valence-corrected chi connectivity index (χ1v) is 9.81. The van der Waals surface area contributed by atoms with Crippen LogP contribution in [0.3, 0.4) is 0 Å². The standard InChI is InChI=1S/C18H20N2O5S/c1-2-26(22,23)20(15-8-9-16-17(10-15)25-13-24-16)12-18(21)19-11-14-6-4-3-5-7-14/h3-10H,2,11-13H2,1H3,(H,19,21). The van der Waals surface area contributed by atoms with Crippen LogP contribution in [0.15, 0.2) is 48.5 Å². The summed E-state index contributed by atoms with van der Waals surface area (Å²) in [7, 11) is -3.63. The van der Waals surface area contributed by atoms with Crippen LogP contribution in [-0.4, -0.2) is 33.4 Å². The molecule has 8 heteroatoms. The van der Waals surface area contributed by atoms with Crippen molar-refractivity contribution in [1.29, 1.82) is 0 Å². The lowest BCUT2D eigenvalue weighted by Crippen LogP contribution is -2.41. The van der Waals surface area contributed by atoms with Crippen LogP contribution < -0.4 is 19.1 Å². The minimum atomic E-state index is -3.63. The number of carbonyl (C=O) groups is 1. The van der Waals surface area contributed by atoms with Crippen molar-refractivity contribution in [2.24, 2.45) is 0 Å². The molecule has 1 heterocycles. The van der Waals surface area contributed by atoms with Gasteiger partial charge in [-0.1, -0.05) is 30.3 Å². The molecule has 7 nitrogen and oxygen atoms in total. The average Bonchev–Trinajstić information content (AvgIpc) is 3.13. The summed E-state index contributed by atoms with van der Waals surface area (Å²) in [5, 5.41) is 2.75. The smallest absolute Gasteiger partial charge is 0.241 e. The molecule has 2 aromatic rings. The van der Waals surface area contributed by atoms with E-state index < -0.39 is 10.0 Å². The van der Waals surface area contributed by atoms with Gasteiger partial charge >= 0.3 is 0 Å². The molecule has 0 aromatic heterocycles. The number of rotatable bonds is 7. The highest BCUT2D eigenvalue weighted by atomic mass is 32.2. The summed E-state index contributed by atoms with van der Waals surface area (Å²) in [6, 6.07) is 14.2. The van der Waals surface area contributed by atoms with Crippen LogP contribution in [0.5, 0.6) is 11.5 Å². The molecule has 0 aliphatic carbocycles. The lowest BCUT2D eigenvalue weighted by Gasteiger charge is -2.23. The van der Waals surface area contributed by atoms with Crippen molar-refractivity contribution in [3.63, 3.8) is 0 Å². The highest BCUT2D eigenvalue weighted by Crippen LogP contribution is 2.36. The molecule has 26 heavy (non-hydrogen) atoms. The molecular weight excluding hydrogens is 356 g/mol. The molecule has 0 unspecified atom stereocenters. The third-order valence-electron chi connectivity index (χ3n) is 3.96. The van der Waals surface area contributed by atoms with Gasteiger partial charge in [0.1, 0.15) is 6.54 Å². The van der Waals surface area contributed by atoms with Gasteiger partial charge in [0.15, 0.2) is 11.5 Å². The van der Waals surface area contributed by atoms with Crippen molar-refractivity contribution in [3.8, 4) is 11.5 Å². The van der Waals surface area contributed by atoms with E-state index in [9.17, 15) is 13.2 Å². The monoisotopic (exact) mass is 376 g/mol. The molecule has 0 bridgehead atoms. The third kappa shape index (κ3) is 4.08. The summed E-state index contributed by atoms with van der Waals surface area (Å²) >= 11 is 0. The first kappa shape index (κ1) is 18.1. The molecule has 0 fully saturated rings. The molecule has 0 atom stereocenters. The minimum absolute atomic E-state index is 0.0941. The fourth-order valence-corrected chi connectivity index (χ4v) is 3.59. The Balaban J connectivity index is 1.75. The summed E-state index contributed by atoms with van der Waals surface area (Å²) in [6.45, 7) is 1.66. The van der Waals surface area contributed by atoms with Gasteiger partial charge < -0.3 is 14.8 Å². The molecule has 138 valence electrons. The average molecular weight is 376 g/mol. The predicted octanol–water partition coefficient (Wildman–Crippen LogP) is 1.89. The van der Waals surface area contributed by atoms with Crippen LogP contribution in [0.2, 0.25) is 0 Å². The van der Waals surface area contributed by atoms with Crippen molar-refractivity contribution < 1.29 is 22.7 Å². The first-order valence-electron chi connectivity index (χ1n) is 8.20. The SMILES string of the molecule is CCS(=O)(=O)N(CC(=O)NCc1ccccc1)c1ccc2c(c1)OCO2. The van der Waals surface area contributed by atoms with Gasteiger partial charge in [-0.05, 0) is 24.6 Å². The Morgan fingerprint density at radius 2 is 1.85 bits per heavy atom. The zero-order chi connectivity index (χ0) is 18.6. The maximum absolute atomic E-state index is 12.5. The molecule has 1 aliphatic rings. The zero-order valence-corrected chi connectivity index (χ0v) is 15.2. The molecule has 1 amide bonds. The van der Waals surface area contributed by atoms with Crippen molar-refractivity contribution >= 4 is 21.6 Å². The normalized spacial score (nSPS) is 12.7. The molecule has 0 radical (unpaired) electrons. The Kier molecular flexibility index (Phi) is 5.32. The highest BCUT2D eigenvalue weighted by Gasteiger charge is 2.25. The topological polar surface area (TPSA) is 84.9 Å². The summed E-state index contributed by atoms with van der Waals surface area (Å²) in [4.78, 5) is 12.3. The van der Waals surface area contributed by atoms with E-state index >= 15 is 0 Å². The van der Waals surface area contributed by atoms with Gasteiger partial charge in [-0.25, -0.2) is 8.42 Å². The number of ether oxygens (including phenoxy) is 2. The fraction of sp³-hybridized carbons (Fsp3) is 0.278. The van der Waals surface area contributed by atoms with Crippen molar-refractivity contribution in [2.75, 3.05) is 23.4 Å². The van der Waals surface area contributed by atoms with Crippen molar-refractivity contribution in [1.82, 2.24) is 5.32 Å². The van der Waals surface area contributed by atoms with Crippen LogP contribution >= 0.6 is 0 Å². The van der Waals surface area contributed by atoms with Crippen molar-refractivity contribution in [2.45, 2.75) is 13.5 Å². The Labute approximate surface area is 152 Å². The Morgan fingerprint density at radius 1 is 1.12 bits per heavy atom. The molecule has 3 rings (SSSR count). The van der Waals surface area contributed by atoms with Gasteiger partial charge in [-0.2, -0.15) is 0 Å². The molecular formula is C18H20N2O5S. The lowest BCUT2D eigenvalue weighted by molar-refractivity contribution is -0.119. The fourth-order valence-electron chi connectivity index (χ4n) is 2.53. The van der Waals surface area contributed by atoms with Gasteiger partial charge in [0, 0.05) is 12.6 Å². The second-order valence-corrected chi connectivity index (χ2v) is 7.89. The number of amides is 1. The molecule has 0 saturated carbocycles. The minimum Gasteiger partial charge on any atom is -0.454 e. The maximum Gasteiger partial charge on any atom is 0.241 e. The van der Waals surface area contributed by atoms with E-state index in [2.05, 4.69) is 5.32 Å². The van der Waals surface area contributed by atoms with E-state index in [1.807, 2.05) is 30.3 Å². The number of carbonyl (C=O) groups excluding carboxylic acids is 1. The quantitative estimate of drug-likeness (QED) is 0.798. The second kappa shape index (κ2) is 7.65. The summed E-state index contributed by atoms with van der Waals surface area (Å²) in [5.41, 5.74) is 1.31. The number of fused-ring (bicyclic) bond motifs is 1. The maximum atomic E-state index is 12.5. The van der Waals surface area contributed by atoms with Crippen LogP contribution in [0, 0.1) is 0 Å². The Hall–Kier alpha value is -2.74. The Morgan fingerprint density at radius 3 is 2.58 bits per heavy atom. The van der Waals surface area contributed by atoms with Gasteiger partial charge in [-0.15, -0.1) is 0 Å². The third-order valence-corrected chi connectivity index (χ3v) is 5.71. The van der Waals surface area contributed by atoms with Crippen molar-refractivity contribution in [3.05, 3.63) is 54.1 Å². The van der Waals surface area contributed by atoms with Gasteiger partial charge in [-0.3, -0.25) is 9.10 Å². The van der Waals surface area contributed by atoms with Crippen LogP contribution in [0.4, 0.5) is 5.69 Å². The van der Waals surface area contributed by atoms with Gasteiger partial charge in [0.05, 0.1) is 11.4 Å². The second-order valence-electron chi connectivity index (χ2n) is 5.71. The van der Waals surface area contributed by atoms with E-state index in [1.165, 1.54) is 6.92 Å². The number of nitrogens with zero attached hydrogens (tertiary/aromatic N) is 1. The molecule has 1 N–H and O–H groups in total. The summed E-state index contributed by atoms with van der Waals surface area (Å²) in [5.74, 6) is 0.510. The van der Waals surface area contributed by atoms with Gasteiger partial charge in [0.25, 0.3) is 0 Å². The summed E-state index contributed by atoms with van der Waals surface area (Å²) < 4.78 is 36.6. The Bertz CT molecular complexity index is 884. The molecule has 2 aromatic carbocycles. The summed E-state index contributed by atoms with van der Waals surface area (Å²) in [6.07, 6.45) is 0. The number of benzene rings is 2. The molecule has 0 saturated heterocycles. The number of hydrogen-bond acceptors (Lipinski definition) is 5.